The topological polar surface area (TPSA) is 209 Å². The Balaban J connectivity index is 1.40. The number of likely N-dealkylation sites (N-methyl/N-ethyl adjacent to an activating group) is 1. The molecule has 0 bridgehead atoms. The van der Waals surface area contributed by atoms with Crippen molar-refractivity contribution in [3.63, 3.8) is 0 Å². The van der Waals surface area contributed by atoms with Gasteiger partial charge in [0.15, 0.2) is 12.6 Å². The third kappa shape index (κ3) is 7.71. The molecular weight excluding hydrogens is 520 g/mol. The highest BCUT2D eigenvalue weighted by Gasteiger charge is 2.49. The van der Waals surface area contributed by atoms with Crippen LogP contribution in [0.4, 0.5) is 0 Å². The summed E-state index contributed by atoms with van der Waals surface area (Å²) in [4.78, 5) is 12.4. The minimum atomic E-state index is -1.22. The summed E-state index contributed by atoms with van der Waals surface area (Å²) >= 11 is 0. The minimum absolute atomic E-state index is 0.0611. The first-order chi connectivity index (χ1) is 19.2. The first-order valence-electron chi connectivity index (χ1n) is 14.7. The Kier molecular flexibility index (Phi) is 11.2. The molecule has 1 saturated heterocycles. The van der Waals surface area contributed by atoms with Crippen LogP contribution in [0.1, 0.15) is 45.4 Å². The molecule has 0 unspecified atom stereocenters. The van der Waals surface area contributed by atoms with Crippen LogP contribution in [0.3, 0.4) is 0 Å². The van der Waals surface area contributed by atoms with E-state index in [-0.39, 0.29) is 42.7 Å². The third-order valence-corrected chi connectivity index (χ3v) is 8.70. The zero-order chi connectivity index (χ0) is 28.9. The van der Waals surface area contributed by atoms with Gasteiger partial charge in [0.2, 0.25) is 5.91 Å². The molecule has 1 amide bonds. The van der Waals surface area contributed by atoms with Gasteiger partial charge >= 0.3 is 0 Å². The molecule has 10 atom stereocenters. The summed E-state index contributed by atoms with van der Waals surface area (Å²) in [6, 6.07) is -1.49. The lowest BCUT2D eigenvalue weighted by Crippen LogP contribution is -2.67. The fraction of sp³-hybridized carbons (Fsp3) is 0.889. The van der Waals surface area contributed by atoms with Gasteiger partial charge in [-0.2, -0.15) is 0 Å². The predicted octanol–water partition coefficient (Wildman–Crippen LogP) is -2.03. The summed E-state index contributed by atoms with van der Waals surface area (Å²) in [5.74, 6) is 0.576. The van der Waals surface area contributed by atoms with E-state index in [1.165, 1.54) is 0 Å². The van der Waals surface area contributed by atoms with Crippen LogP contribution in [0.25, 0.3) is 0 Å². The van der Waals surface area contributed by atoms with E-state index in [4.69, 9.17) is 36.1 Å². The van der Waals surface area contributed by atoms with E-state index in [0.717, 1.165) is 31.6 Å². The smallest absolute Gasteiger partial charge is 0.221 e. The number of nitrogens with one attached hydrogen (secondary N) is 3. The number of nitrogens with two attached hydrogens (primary N) is 3. The van der Waals surface area contributed by atoms with E-state index in [9.17, 15) is 15.0 Å². The Morgan fingerprint density at radius 1 is 1.20 bits per heavy atom. The van der Waals surface area contributed by atoms with E-state index in [1.807, 2.05) is 13.0 Å². The van der Waals surface area contributed by atoms with Crippen molar-refractivity contribution in [2.24, 2.45) is 28.5 Å². The Bertz CT molecular complexity index is 861. The van der Waals surface area contributed by atoms with E-state index in [2.05, 4.69) is 16.0 Å². The van der Waals surface area contributed by atoms with Crippen LogP contribution in [-0.4, -0.2) is 111 Å². The number of allylic oxidation sites excluding steroid dienone is 1. The van der Waals surface area contributed by atoms with Crippen molar-refractivity contribution in [1.29, 1.82) is 0 Å². The molecule has 0 aromatic rings. The standard InChI is InChI=1S/C27H50N6O7/c1-15-12-37-26(22(35)21(15)31-2)40-25-18(33-19(34)6-9-28)10-17(30)24(23(25)36)39-20-5-3-4-16(38-20)11-32-14-27(13-29)7-8-27/h4,15,17-18,20-26,31-32,35-36H,3,5-14,28-30H2,1-2H3,(H,33,34)/t15-,17+,18-,20-,21+,22-,23+,24-,25+,26-/m1/s1. The summed E-state index contributed by atoms with van der Waals surface area (Å²) in [5.41, 5.74) is 18.2. The zero-order valence-corrected chi connectivity index (χ0v) is 23.8. The number of aliphatic hydroxyl groups is 2. The van der Waals surface area contributed by atoms with Crippen molar-refractivity contribution in [3.8, 4) is 0 Å². The monoisotopic (exact) mass is 570 g/mol. The second-order valence-corrected chi connectivity index (χ2v) is 11.9. The number of carbonyl (C=O) groups is 1. The van der Waals surface area contributed by atoms with Crippen LogP contribution in [-0.2, 0) is 23.7 Å². The number of ether oxygens (including phenoxy) is 4. The number of hydrogen-bond donors (Lipinski definition) is 8. The summed E-state index contributed by atoms with van der Waals surface area (Å²) in [6.07, 6.45) is 0.574. The lowest BCUT2D eigenvalue weighted by atomic mass is 9.83. The Morgan fingerprint density at radius 3 is 2.65 bits per heavy atom. The normalized spacial score (nSPS) is 39.2. The SMILES string of the molecule is CN[C@@H]1[C@@H](O)[C@@H](O[C@@H]2[C@@H](O)[C@H](O[C@@H]3CCC=C(CNCC4(CN)CC4)O3)[C@@H](N)C[C@H]2NC(=O)CCN)OC[C@H]1C. The predicted molar refractivity (Wildman–Crippen MR) is 147 cm³/mol. The van der Waals surface area contributed by atoms with E-state index in [0.29, 0.717) is 26.1 Å². The van der Waals surface area contributed by atoms with Crippen molar-refractivity contribution in [3.05, 3.63) is 11.8 Å². The van der Waals surface area contributed by atoms with Gasteiger partial charge in [0.05, 0.1) is 19.2 Å². The molecule has 2 saturated carbocycles. The number of aliphatic hydroxyl groups excluding tert-OH is 2. The number of rotatable bonds is 13. The van der Waals surface area contributed by atoms with Gasteiger partial charge in [0.25, 0.3) is 0 Å². The molecule has 11 N–H and O–H groups in total. The molecule has 13 nitrogen and oxygen atoms in total. The van der Waals surface area contributed by atoms with Crippen LogP contribution in [0.2, 0.25) is 0 Å². The highest BCUT2D eigenvalue weighted by molar-refractivity contribution is 5.76. The molecule has 4 rings (SSSR count). The van der Waals surface area contributed by atoms with Gasteiger partial charge in [-0.25, -0.2) is 0 Å². The van der Waals surface area contributed by atoms with Gasteiger partial charge in [-0.05, 0) is 56.7 Å². The molecule has 2 aliphatic heterocycles. The Hall–Kier alpha value is -1.39. The van der Waals surface area contributed by atoms with Crippen molar-refractivity contribution < 1.29 is 34.0 Å². The van der Waals surface area contributed by atoms with Gasteiger partial charge in [-0.15, -0.1) is 0 Å². The van der Waals surface area contributed by atoms with Crippen LogP contribution >= 0.6 is 0 Å². The van der Waals surface area contributed by atoms with Gasteiger partial charge in [-0.1, -0.05) is 6.92 Å². The highest BCUT2D eigenvalue weighted by atomic mass is 16.7. The summed E-state index contributed by atoms with van der Waals surface area (Å²) in [6.45, 7) is 4.62. The summed E-state index contributed by atoms with van der Waals surface area (Å²) in [7, 11) is 1.77. The van der Waals surface area contributed by atoms with Gasteiger partial charge < -0.3 is 62.3 Å². The summed E-state index contributed by atoms with van der Waals surface area (Å²) in [5, 5.41) is 31.9. The highest BCUT2D eigenvalue weighted by Crippen LogP contribution is 2.43. The van der Waals surface area contributed by atoms with Crippen molar-refractivity contribution >= 4 is 5.91 Å². The second kappa shape index (κ2) is 14.2. The van der Waals surface area contributed by atoms with E-state index >= 15 is 0 Å². The van der Waals surface area contributed by atoms with Crippen molar-refractivity contribution in [2.75, 3.05) is 39.8 Å². The maximum Gasteiger partial charge on any atom is 0.221 e. The van der Waals surface area contributed by atoms with Crippen LogP contribution in [0.15, 0.2) is 11.8 Å². The zero-order valence-electron chi connectivity index (χ0n) is 23.8. The lowest BCUT2D eigenvalue weighted by Gasteiger charge is -2.47. The molecule has 0 radical (unpaired) electrons. The van der Waals surface area contributed by atoms with Crippen LogP contribution in [0.5, 0.6) is 0 Å². The molecule has 0 spiro atoms. The summed E-state index contributed by atoms with van der Waals surface area (Å²) < 4.78 is 24.4. The van der Waals surface area contributed by atoms with Crippen LogP contribution < -0.4 is 33.2 Å². The maximum atomic E-state index is 12.4. The lowest BCUT2D eigenvalue weighted by molar-refractivity contribution is -0.286. The maximum absolute atomic E-state index is 12.4. The van der Waals surface area contributed by atoms with Crippen LogP contribution in [0, 0.1) is 11.3 Å². The van der Waals surface area contributed by atoms with Gasteiger partial charge in [0.1, 0.15) is 30.2 Å². The molecule has 3 fully saturated rings. The molecule has 2 aliphatic carbocycles. The van der Waals surface area contributed by atoms with Crippen molar-refractivity contribution in [1.82, 2.24) is 16.0 Å². The number of amides is 1. The minimum Gasteiger partial charge on any atom is -0.468 e. The quantitative estimate of drug-likeness (QED) is 0.121. The molecule has 0 aromatic heterocycles. The number of hydrogen-bond acceptors (Lipinski definition) is 12. The fourth-order valence-corrected chi connectivity index (χ4v) is 5.95. The number of carbonyl (C=O) groups excluding carboxylic acids is 1. The van der Waals surface area contributed by atoms with E-state index < -0.39 is 49.1 Å². The first kappa shape index (κ1) is 31.5. The molecule has 230 valence electrons. The van der Waals surface area contributed by atoms with Crippen molar-refractivity contribution in [2.45, 2.75) is 101 Å². The Morgan fingerprint density at radius 2 is 1.98 bits per heavy atom. The van der Waals surface area contributed by atoms with Gasteiger partial charge in [0, 0.05) is 38.0 Å². The molecule has 13 heteroatoms. The third-order valence-electron chi connectivity index (χ3n) is 8.70. The second-order valence-electron chi connectivity index (χ2n) is 11.9. The molecule has 4 aliphatic rings. The van der Waals surface area contributed by atoms with Gasteiger partial charge in [-0.3, -0.25) is 4.79 Å². The average Bonchev–Trinajstić information content (AvgIpc) is 3.71. The molecule has 2 heterocycles. The molecule has 40 heavy (non-hydrogen) atoms. The average molecular weight is 571 g/mol. The largest absolute Gasteiger partial charge is 0.468 e. The molecular formula is C27H50N6O7. The fourth-order valence-electron chi connectivity index (χ4n) is 5.95. The Labute approximate surface area is 236 Å². The van der Waals surface area contributed by atoms with E-state index in [1.54, 1.807) is 7.05 Å². The first-order valence-corrected chi connectivity index (χ1v) is 14.7. The molecule has 0 aromatic carbocycles.